The van der Waals surface area contributed by atoms with E-state index >= 15 is 0 Å². The third-order valence-electron chi connectivity index (χ3n) is 4.76. The lowest BCUT2D eigenvalue weighted by molar-refractivity contribution is 0.0709. The molecule has 114 valence electrons. The molecule has 0 heterocycles. The number of nitrogens with two attached hydrogens (primary N) is 1. The number of primary amides is 1. The molecule has 0 saturated heterocycles. The van der Waals surface area contributed by atoms with E-state index in [-0.39, 0.29) is 6.10 Å². The molecule has 2 saturated carbocycles. The highest BCUT2D eigenvalue weighted by molar-refractivity contribution is 5.64. The summed E-state index contributed by atoms with van der Waals surface area (Å²) in [5, 5.41) is 3.70. The van der Waals surface area contributed by atoms with Crippen LogP contribution in [0.25, 0.3) is 0 Å². The molecule has 0 bridgehead atoms. The zero-order valence-electron chi connectivity index (χ0n) is 12.3. The van der Waals surface area contributed by atoms with E-state index in [0.29, 0.717) is 17.9 Å². The van der Waals surface area contributed by atoms with E-state index in [9.17, 15) is 4.79 Å². The van der Waals surface area contributed by atoms with Gasteiger partial charge in [-0.25, -0.2) is 4.79 Å². The van der Waals surface area contributed by atoms with Crippen LogP contribution in [0.1, 0.15) is 43.6 Å². The molecule has 4 heteroatoms. The summed E-state index contributed by atoms with van der Waals surface area (Å²) >= 11 is 0. The number of rotatable bonds is 5. The van der Waals surface area contributed by atoms with Crippen molar-refractivity contribution >= 4 is 6.09 Å². The predicted molar refractivity (Wildman–Crippen MR) is 82.0 cm³/mol. The zero-order valence-corrected chi connectivity index (χ0v) is 12.3. The molecule has 1 aromatic carbocycles. The van der Waals surface area contributed by atoms with Gasteiger partial charge in [-0.3, -0.25) is 0 Å². The molecule has 21 heavy (non-hydrogen) atoms. The third-order valence-corrected chi connectivity index (χ3v) is 4.76. The van der Waals surface area contributed by atoms with E-state index in [1.165, 1.54) is 12.0 Å². The Morgan fingerprint density at radius 1 is 1.19 bits per heavy atom. The first-order valence-electron chi connectivity index (χ1n) is 7.97. The Labute approximate surface area is 126 Å². The monoisotopic (exact) mass is 288 g/mol. The van der Waals surface area contributed by atoms with E-state index in [0.717, 1.165) is 32.2 Å². The zero-order chi connectivity index (χ0) is 14.7. The minimum absolute atomic E-state index is 0.0387. The number of amides is 1. The summed E-state index contributed by atoms with van der Waals surface area (Å²) in [6.45, 7) is 1.08. The number of nitrogens with one attached hydrogen (secondary N) is 1. The normalized spacial score (nSPS) is 31.6. The number of ether oxygens (including phenoxy) is 1. The van der Waals surface area contributed by atoms with E-state index in [1.54, 1.807) is 0 Å². The highest BCUT2D eigenvalue weighted by Gasteiger charge is 2.38. The van der Waals surface area contributed by atoms with Gasteiger partial charge in [-0.05, 0) is 50.1 Å². The molecular formula is C17H24N2O2. The van der Waals surface area contributed by atoms with Gasteiger partial charge in [0.05, 0.1) is 0 Å². The average molecular weight is 288 g/mol. The summed E-state index contributed by atoms with van der Waals surface area (Å²) in [4.78, 5) is 10.7. The van der Waals surface area contributed by atoms with Crippen molar-refractivity contribution in [1.29, 1.82) is 0 Å². The Morgan fingerprint density at radius 3 is 2.57 bits per heavy atom. The van der Waals surface area contributed by atoms with E-state index < -0.39 is 6.09 Å². The Balaban J connectivity index is 1.35. The van der Waals surface area contributed by atoms with Crippen LogP contribution < -0.4 is 11.1 Å². The molecule has 0 unspecified atom stereocenters. The Kier molecular flexibility index (Phi) is 4.44. The lowest BCUT2D eigenvalue weighted by Crippen LogP contribution is -2.32. The lowest BCUT2D eigenvalue weighted by Gasteiger charge is -2.28. The van der Waals surface area contributed by atoms with Gasteiger partial charge in [0.2, 0.25) is 0 Å². The molecule has 1 aromatic rings. The van der Waals surface area contributed by atoms with Crippen molar-refractivity contribution in [3.05, 3.63) is 35.9 Å². The maximum atomic E-state index is 10.7. The van der Waals surface area contributed by atoms with Gasteiger partial charge in [-0.1, -0.05) is 30.3 Å². The number of carbonyl (C=O) groups is 1. The van der Waals surface area contributed by atoms with Crippen LogP contribution in [0, 0.1) is 5.92 Å². The molecular weight excluding hydrogens is 264 g/mol. The van der Waals surface area contributed by atoms with Crippen LogP contribution in [0.4, 0.5) is 4.79 Å². The standard InChI is InChI=1S/C17H24N2O2/c18-17(20)21-14-8-6-12(7-9-14)11-19-16-10-15(16)13-4-2-1-3-5-13/h1-5,12,14-16,19H,6-11H2,(H2,18,20)/t12?,14?,15-,16+/m0/s1. The topological polar surface area (TPSA) is 64.4 Å². The number of hydrogen-bond acceptors (Lipinski definition) is 3. The summed E-state index contributed by atoms with van der Waals surface area (Å²) < 4.78 is 5.07. The summed E-state index contributed by atoms with van der Waals surface area (Å²) in [7, 11) is 0. The van der Waals surface area contributed by atoms with E-state index in [1.807, 2.05) is 0 Å². The van der Waals surface area contributed by atoms with Crippen LogP contribution in [-0.2, 0) is 4.74 Å². The van der Waals surface area contributed by atoms with Crippen LogP contribution in [0.3, 0.4) is 0 Å². The maximum Gasteiger partial charge on any atom is 0.404 e. The van der Waals surface area contributed by atoms with Crippen molar-refractivity contribution in [3.8, 4) is 0 Å². The fourth-order valence-electron chi connectivity index (χ4n) is 3.43. The van der Waals surface area contributed by atoms with Gasteiger partial charge >= 0.3 is 6.09 Å². The van der Waals surface area contributed by atoms with Crippen molar-refractivity contribution in [3.63, 3.8) is 0 Å². The summed E-state index contributed by atoms with van der Waals surface area (Å²) in [6.07, 6.45) is 4.78. The van der Waals surface area contributed by atoms with Gasteiger partial charge in [0, 0.05) is 12.0 Å². The lowest BCUT2D eigenvalue weighted by atomic mass is 9.87. The Morgan fingerprint density at radius 2 is 1.90 bits per heavy atom. The molecule has 0 radical (unpaired) electrons. The first kappa shape index (κ1) is 14.4. The van der Waals surface area contributed by atoms with Crippen molar-refractivity contribution in [2.45, 2.75) is 50.2 Å². The van der Waals surface area contributed by atoms with Gasteiger partial charge in [0.15, 0.2) is 0 Å². The van der Waals surface area contributed by atoms with Crippen LogP contribution in [-0.4, -0.2) is 24.8 Å². The van der Waals surface area contributed by atoms with Gasteiger partial charge in [0.25, 0.3) is 0 Å². The Bertz CT molecular complexity index is 469. The fourth-order valence-corrected chi connectivity index (χ4v) is 3.43. The van der Waals surface area contributed by atoms with Crippen LogP contribution in [0.5, 0.6) is 0 Å². The van der Waals surface area contributed by atoms with Crippen LogP contribution in [0.2, 0.25) is 0 Å². The fraction of sp³-hybridized carbons (Fsp3) is 0.588. The molecule has 4 nitrogen and oxygen atoms in total. The SMILES string of the molecule is NC(=O)OC1CCC(CN[C@@H]2C[C@H]2c2ccccc2)CC1. The number of carbonyl (C=O) groups excluding carboxylic acids is 1. The molecule has 2 aliphatic carbocycles. The molecule has 2 atom stereocenters. The second-order valence-electron chi connectivity index (χ2n) is 6.35. The van der Waals surface area contributed by atoms with E-state index in [2.05, 4.69) is 35.6 Å². The summed E-state index contributed by atoms with van der Waals surface area (Å²) in [5.41, 5.74) is 6.51. The molecule has 1 amide bonds. The first-order valence-corrected chi connectivity index (χ1v) is 7.97. The van der Waals surface area contributed by atoms with Gasteiger partial charge in [0.1, 0.15) is 6.10 Å². The molecule has 3 rings (SSSR count). The predicted octanol–water partition coefficient (Wildman–Crippen LogP) is 2.79. The highest BCUT2D eigenvalue weighted by atomic mass is 16.6. The van der Waals surface area contributed by atoms with Crippen LogP contribution in [0.15, 0.2) is 30.3 Å². The second kappa shape index (κ2) is 6.48. The molecule has 3 N–H and O–H groups in total. The van der Waals surface area contributed by atoms with Crippen LogP contribution >= 0.6 is 0 Å². The molecule has 2 aliphatic rings. The molecule has 0 spiro atoms. The van der Waals surface area contributed by atoms with Gasteiger partial charge in [-0.15, -0.1) is 0 Å². The second-order valence-corrected chi connectivity index (χ2v) is 6.35. The minimum Gasteiger partial charge on any atom is -0.446 e. The number of benzene rings is 1. The molecule has 0 aliphatic heterocycles. The largest absolute Gasteiger partial charge is 0.446 e. The van der Waals surface area contributed by atoms with Crippen molar-refractivity contribution < 1.29 is 9.53 Å². The number of hydrogen-bond donors (Lipinski definition) is 2. The summed E-state index contributed by atoms with van der Waals surface area (Å²) in [5.74, 6) is 1.40. The summed E-state index contributed by atoms with van der Waals surface area (Å²) in [6, 6.07) is 11.4. The van der Waals surface area contributed by atoms with Crippen molar-refractivity contribution in [2.24, 2.45) is 11.7 Å². The average Bonchev–Trinajstić information content (AvgIpc) is 3.27. The quantitative estimate of drug-likeness (QED) is 0.875. The third kappa shape index (κ3) is 3.97. The molecule has 0 aromatic heterocycles. The van der Waals surface area contributed by atoms with Gasteiger partial charge < -0.3 is 15.8 Å². The van der Waals surface area contributed by atoms with Crippen molar-refractivity contribution in [1.82, 2.24) is 5.32 Å². The highest BCUT2D eigenvalue weighted by Crippen LogP contribution is 2.40. The minimum atomic E-state index is -0.639. The molecule has 2 fully saturated rings. The smallest absolute Gasteiger partial charge is 0.404 e. The first-order chi connectivity index (χ1) is 10.2. The van der Waals surface area contributed by atoms with Gasteiger partial charge in [-0.2, -0.15) is 0 Å². The Hall–Kier alpha value is -1.55. The van der Waals surface area contributed by atoms with Crippen molar-refractivity contribution in [2.75, 3.05) is 6.54 Å². The maximum absolute atomic E-state index is 10.7. The van der Waals surface area contributed by atoms with E-state index in [4.69, 9.17) is 10.5 Å².